The van der Waals surface area contributed by atoms with Gasteiger partial charge >= 0.3 is 0 Å². The molecule has 0 bridgehead atoms. The highest BCUT2D eigenvalue weighted by Gasteiger charge is 2.29. The summed E-state index contributed by atoms with van der Waals surface area (Å²) >= 11 is 6.74. The fourth-order valence-corrected chi connectivity index (χ4v) is 4.64. The summed E-state index contributed by atoms with van der Waals surface area (Å²) in [7, 11) is 0. The number of allylic oxidation sites excluding steroid dienone is 2. The standard InChI is InChI=1S/C23H23ClN4/c24-22-13-18(21-14-26-23-20(21)7-4-10-25-23)8-12-28(22)19-9-11-27(16-19)15-17-5-2-1-3-6-17/h1-8,10,13-14,19H,9,11-12,15-16H2,(H,25,26). The van der Waals surface area contributed by atoms with Crippen LogP contribution in [0.1, 0.15) is 17.5 Å². The highest BCUT2D eigenvalue weighted by molar-refractivity contribution is 6.30. The Morgan fingerprint density at radius 1 is 1.14 bits per heavy atom. The van der Waals surface area contributed by atoms with Gasteiger partial charge in [0, 0.05) is 55.6 Å². The van der Waals surface area contributed by atoms with Crippen LogP contribution in [0.4, 0.5) is 0 Å². The molecule has 2 aromatic heterocycles. The van der Waals surface area contributed by atoms with Crippen molar-refractivity contribution in [1.29, 1.82) is 0 Å². The van der Waals surface area contributed by atoms with Gasteiger partial charge < -0.3 is 9.88 Å². The van der Waals surface area contributed by atoms with E-state index >= 15 is 0 Å². The van der Waals surface area contributed by atoms with Gasteiger partial charge in [0.05, 0.1) is 0 Å². The molecule has 1 unspecified atom stereocenters. The fourth-order valence-electron chi connectivity index (χ4n) is 4.31. The molecular weight excluding hydrogens is 368 g/mol. The van der Waals surface area contributed by atoms with Crippen molar-refractivity contribution in [3.63, 3.8) is 0 Å². The Balaban J connectivity index is 1.28. The van der Waals surface area contributed by atoms with E-state index in [-0.39, 0.29) is 0 Å². The Kier molecular flexibility index (Phi) is 4.67. The smallest absolute Gasteiger partial charge is 0.137 e. The van der Waals surface area contributed by atoms with Gasteiger partial charge in [0.2, 0.25) is 0 Å². The van der Waals surface area contributed by atoms with E-state index in [0.717, 1.165) is 54.4 Å². The van der Waals surface area contributed by atoms with Gasteiger partial charge in [0.15, 0.2) is 0 Å². The molecule has 1 N–H and O–H groups in total. The van der Waals surface area contributed by atoms with E-state index in [0.29, 0.717) is 6.04 Å². The van der Waals surface area contributed by atoms with Gasteiger partial charge in [-0.2, -0.15) is 0 Å². The van der Waals surface area contributed by atoms with Gasteiger partial charge in [-0.3, -0.25) is 4.90 Å². The van der Waals surface area contributed by atoms with Crippen LogP contribution in [0.2, 0.25) is 0 Å². The first-order valence-corrected chi connectivity index (χ1v) is 10.2. The van der Waals surface area contributed by atoms with Gasteiger partial charge in [-0.15, -0.1) is 0 Å². The van der Waals surface area contributed by atoms with E-state index < -0.39 is 0 Å². The minimum atomic E-state index is 0.467. The Labute approximate surface area is 170 Å². The van der Waals surface area contributed by atoms with Crippen LogP contribution >= 0.6 is 11.6 Å². The molecule has 0 amide bonds. The zero-order valence-electron chi connectivity index (χ0n) is 15.7. The zero-order chi connectivity index (χ0) is 18.9. The minimum absolute atomic E-state index is 0.467. The average molecular weight is 391 g/mol. The summed E-state index contributed by atoms with van der Waals surface area (Å²) in [4.78, 5) is 12.5. The lowest BCUT2D eigenvalue weighted by molar-refractivity contribution is 0.263. The lowest BCUT2D eigenvalue weighted by Crippen LogP contribution is -2.37. The summed E-state index contributed by atoms with van der Waals surface area (Å²) < 4.78 is 0. The minimum Gasteiger partial charge on any atom is -0.354 e. The normalized spacial score (nSPS) is 20.5. The molecule has 0 aliphatic carbocycles. The van der Waals surface area contributed by atoms with Crippen molar-refractivity contribution in [2.24, 2.45) is 0 Å². The number of pyridine rings is 1. The third-order valence-corrected chi connectivity index (χ3v) is 6.08. The van der Waals surface area contributed by atoms with E-state index in [1.165, 1.54) is 11.1 Å². The van der Waals surface area contributed by atoms with Gasteiger partial charge in [-0.05, 0) is 35.8 Å². The topological polar surface area (TPSA) is 35.2 Å². The summed E-state index contributed by atoms with van der Waals surface area (Å²) in [5.74, 6) is 0. The Bertz CT molecular complexity index is 1040. The molecule has 0 spiro atoms. The van der Waals surface area contributed by atoms with Crippen molar-refractivity contribution < 1.29 is 0 Å². The maximum absolute atomic E-state index is 6.74. The second kappa shape index (κ2) is 7.46. The summed E-state index contributed by atoms with van der Waals surface area (Å²) in [5, 5.41) is 1.97. The Hall–Kier alpha value is -2.56. The summed E-state index contributed by atoms with van der Waals surface area (Å²) in [6, 6.07) is 15.2. The number of aromatic amines is 1. The van der Waals surface area contributed by atoms with Gasteiger partial charge in [0.1, 0.15) is 10.8 Å². The second-order valence-corrected chi connectivity index (χ2v) is 7.93. The molecule has 4 heterocycles. The number of rotatable bonds is 4. The second-order valence-electron chi connectivity index (χ2n) is 7.54. The third-order valence-electron chi connectivity index (χ3n) is 5.76. The van der Waals surface area contributed by atoms with Crippen LogP contribution < -0.4 is 0 Å². The van der Waals surface area contributed by atoms with Crippen LogP contribution in [0.3, 0.4) is 0 Å². The zero-order valence-corrected chi connectivity index (χ0v) is 16.4. The largest absolute Gasteiger partial charge is 0.354 e. The first-order valence-electron chi connectivity index (χ1n) is 9.81. The van der Waals surface area contributed by atoms with Crippen molar-refractivity contribution in [3.8, 4) is 0 Å². The monoisotopic (exact) mass is 390 g/mol. The first-order chi connectivity index (χ1) is 13.8. The van der Waals surface area contributed by atoms with Crippen LogP contribution in [0.15, 0.2) is 72.2 Å². The number of halogens is 1. The maximum atomic E-state index is 6.74. The molecule has 1 atom stereocenters. The number of aromatic nitrogens is 2. The molecule has 5 heteroatoms. The number of nitrogens with zero attached hydrogens (tertiary/aromatic N) is 3. The maximum Gasteiger partial charge on any atom is 0.137 e. The molecular formula is C23H23ClN4. The van der Waals surface area contributed by atoms with Crippen molar-refractivity contribution in [3.05, 3.63) is 83.3 Å². The van der Waals surface area contributed by atoms with Gasteiger partial charge in [0.25, 0.3) is 0 Å². The van der Waals surface area contributed by atoms with Crippen molar-refractivity contribution in [2.45, 2.75) is 19.0 Å². The predicted molar refractivity (Wildman–Crippen MR) is 115 cm³/mol. The molecule has 28 heavy (non-hydrogen) atoms. The molecule has 2 aliphatic rings. The van der Waals surface area contributed by atoms with Gasteiger partial charge in [-0.1, -0.05) is 48.0 Å². The number of benzene rings is 1. The van der Waals surface area contributed by atoms with Crippen LogP contribution in [0.5, 0.6) is 0 Å². The number of nitrogens with one attached hydrogen (secondary N) is 1. The predicted octanol–water partition coefficient (Wildman–Crippen LogP) is 4.62. The molecule has 3 aromatic rings. The number of hydrogen-bond donors (Lipinski definition) is 1. The lowest BCUT2D eigenvalue weighted by atomic mass is 10.0. The molecule has 1 aromatic carbocycles. The molecule has 0 radical (unpaired) electrons. The van der Waals surface area contributed by atoms with E-state index in [2.05, 4.69) is 68.3 Å². The number of H-pyrrole nitrogens is 1. The SMILES string of the molecule is ClC1=CC(c2c[nH]c3ncccc23)=CCN1C1CCN(Cc2ccccc2)C1. The molecule has 1 saturated heterocycles. The molecule has 2 aliphatic heterocycles. The van der Waals surface area contributed by atoms with Crippen LogP contribution in [0.25, 0.3) is 16.6 Å². The molecule has 0 saturated carbocycles. The fraction of sp³-hybridized carbons (Fsp3) is 0.261. The van der Waals surface area contributed by atoms with Crippen molar-refractivity contribution >= 4 is 28.2 Å². The molecule has 142 valence electrons. The van der Waals surface area contributed by atoms with Crippen molar-refractivity contribution in [2.75, 3.05) is 19.6 Å². The summed E-state index contributed by atoms with van der Waals surface area (Å²) in [6.07, 6.45) is 9.36. The molecule has 5 rings (SSSR count). The van der Waals surface area contributed by atoms with E-state index in [4.69, 9.17) is 11.6 Å². The summed E-state index contributed by atoms with van der Waals surface area (Å²) in [6.45, 7) is 4.03. The lowest BCUT2D eigenvalue weighted by Gasteiger charge is -2.32. The molecule has 1 fully saturated rings. The number of likely N-dealkylation sites (tertiary alicyclic amines) is 1. The van der Waals surface area contributed by atoms with Crippen molar-refractivity contribution in [1.82, 2.24) is 19.8 Å². The Morgan fingerprint density at radius 3 is 2.89 bits per heavy atom. The van der Waals surface area contributed by atoms with Gasteiger partial charge in [-0.25, -0.2) is 4.98 Å². The van der Waals surface area contributed by atoms with E-state index in [1.54, 1.807) is 0 Å². The number of fused-ring (bicyclic) bond motifs is 1. The van der Waals surface area contributed by atoms with E-state index in [1.807, 2.05) is 18.5 Å². The van der Waals surface area contributed by atoms with Crippen LogP contribution in [0, 0.1) is 0 Å². The summed E-state index contributed by atoms with van der Waals surface area (Å²) in [5.41, 5.74) is 4.62. The highest BCUT2D eigenvalue weighted by atomic mass is 35.5. The quantitative estimate of drug-likeness (QED) is 0.660. The first kappa shape index (κ1) is 17.5. The number of hydrogen-bond acceptors (Lipinski definition) is 3. The third kappa shape index (κ3) is 3.34. The van der Waals surface area contributed by atoms with E-state index in [9.17, 15) is 0 Å². The Morgan fingerprint density at radius 2 is 2.04 bits per heavy atom. The van der Waals surface area contributed by atoms with Crippen LogP contribution in [-0.2, 0) is 6.54 Å². The molecule has 4 nitrogen and oxygen atoms in total. The highest BCUT2D eigenvalue weighted by Crippen LogP contribution is 2.32. The van der Waals surface area contributed by atoms with Crippen LogP contribution in [-0.4, -0.2) is 45.4 Å². The average Bonchev–Trinajstić information content (AvgIpc) is 3.36.